The molecule has 1 N–H and O–H groups in total. The first-order valence-electron chi connectivity index (χ1n) is 6.62. The van der Waals surface area contributed by atoms with Crippen LogP contribution in [0.4, 0.5) is 0 Å². The first-order chi connectivity index (χ1) is 7.87. The lowest BCUT2D eigenvalue weighted by atomic mass is 9.79. The summed E-state index contributed by atoms with van der Waals surface area (Å²) in [4.78, 5) is 1.61. The molecule has 1 aliphatic carbocycles. The normalized spacial score (nSPS) is 20.6. The Balaban J connectivity index is 2.16. The molecule has 0 aromatic carbocycles. The molecule has 0 aliphatic heterocycles. The molecule has 2 rings (SSSR count). The molecule has 0 spiro atoms. The van der Waals surface area contributed by atoms with Gasteiger partial charge in [-0.1, -0.05) is 38.7 Å². The third-order valence-electron chi connectivity index (χ3n) is 3.82. The SMILES string of the molecule is CCNCC1(c2cccs2)CCCCCC1. The van der Waals surface area contributed by atoms with Gasteiger partial charge >= 0.3 is 0 Å². The van der Waals surface area contributed by atoms with Gasteiger partial charge in [-0.05, 0) is 30.8 Å². The fourth-order valence-electron chi connectivity index (χ4n) is 2.86. The Morgan fingerprint density at radius 1 is 1.25 bits per heavy atom. The van der Waals surface area contributed by atoms with Crippen LogP contribution in [0, 0.1) is 0 Å². The van der Waals surface area contributed by atoms with Crippen molar-refractivity contribution in [1.29, 1.82) is 0 Å². The van der Waals surface area contributed by atoms with Crippen LogP contribution in [0.3, 0.4) is 0 Å². The molecule has 1 saturated carbocycles. The predicted molar refractivity (Wildman–Crippen MR) is 72.2 cm³/mol. The van der Waals surface area contributed by atoms with Gasteiger partial charge in [-0.25, -0.2) is 0 Å². The van der Waals surface area contributed by atoms with Gasteiger partial charge in [0.05, 0.1) is 0 Å². The molecule has 1 aromatic rings. The molecule has 0 atom stereocenters. The van der Waals surface area contributed by atoms with Crippen molar-refractivity contribution in [1.82, 2.24) is 5.32 Å². The molecule has 1 aliphatic rings. The van der Waals surface area contributed by atoms with E-state index >= 15 is 0 Å². The van der Waals surface area contributed by atoms with Crippen LogP contribution in [0.25, 0.3) is 0 Å². The standard InChI is InChI=1S/C14H23NS/c1-2-15-12-14(13-8-7-11-16-13)9-5-3-4-6-10-14/h7-8,11,15H,2-6,9-10,12H2,1H3. The van der Waals surface area contributed by atoms with Gasteiger partial charge in [-0.2, -0.15) is 0 Å². The number of hydrogen-bond acceptors (Lipinski definition) is 2. The van der Waals surface area contributed by atoms with Gasteiger partial charge in [0.1, 0.15) is 0 Å². The maximum Gasteiger partial charge on any atom is 0.0172 e. The molecule has 90 valence electrons. The lowest BCUT2D eigenvalue weighted by molar-refractivity contribution is 0.357. The summed E-state index contributed by atoms with van der Waals surface area (Å²) in [6.07, 6.45) is 8.42. The zero-order chi connectivity index (χ0) is 11.3. The molecule has 1 fully saturated rings. The van der Waals surface area contributed by atoms with Crippen LogP contribution in [0.5, 0.6) is 0 Å². The molecule has 16 heavy (non-hydrogen) atoms. The maximum atomic E-state index is 3.58. The predicted octanol–water partition coefficient (Wildman–Crippen LogP) is 3.95. The molecule has 1 heterocycles. The third-order valence-corrected chi connectivity index (χ3v) is 4.93. The third kappa shape index (κ3) is 2.67. The van der Waals surface area contributed by atoms with Crippen molar-refractivity contribution < 1.29 is 0 Å². The molecule has 0 amide bonds. The zero-order valence-electron chi connectivity index (χ0n) is 10.3. The van der Waals surface area contributed by atoms with Gasteiger partial charge in [-0.3, -0.25) is 0 Å². The van der Waals surface area contributed by atoms with Crippen LogP contribution in [-0.2, 0) is 5.41 Å². The topological polar surface area (TPSA) is 12.0 Å². The largest absolute Gasteiger partial charge is 0.316 e. The van der Waals surface area contributed by atoms with Gasteiger partial charge in [0, 0.05) is 16.8 Å². The van der Waals surface area contributed by atoms with Crippen molar-refractivity contribution in [3.8, 4) is 0 Å². The Morgan fingerprint density at radius 3 is 2.56 bits per heavy atom. The van der Waals surface area contributed by atoms with E-state index < -0.39 is 0 Å². The van der Waals surface area contributed by atoms with Gasteiger partial charge in [-0.15, -0.1) is 11.3 Å². The second-order valence-electron chi connectivity index (χ2n) is 4.95. The van der Waals surface area contributed by atoms with E-state index in [2.05, 4.69) is 29.8 Å². The first kappa shape index (κ1) is 12.1. The molecule has 0 radical (unpaired) electrons. The van der Waals surface area contributed by atoms with E-state index in [-0.39, 0.29) is 0 Å². The maximum absolute atomic E-state index is 3.58. The zero-order valence-corrected chi connectivity index (χ0v) is 11.1. The van der Waals surface area contributed by atoms with E-state index in [1.807, 2.05) is 11.3 Å². The minimum Gasteiger partial charge on any atom is -0.316 e. The fourth-order valence-corrected chi connectivity index (χ4v) is 3.85. The quantitative estimate of drug-likeness (QED) is 0.782. The number of nitrogens with one attached hydrogen (secondary N) is 1. The summed E-state index contributed by atoms with van der Waals surface area (Å²) >= 11 is 1.95. The summed E-state index contributed by atoms with van der Waals surface area (Å²) in [5.74, 6) is 0. The molecule has 1 aromatic heterocycles. The van der Waals surface area contributed by atoms with Crippen molar-refractivity contribution >= 4 is 11.3 Å². The number of rotatable bonds is 4. The molecular formula is C14H23NS. The van der Waals surface area contributed by atoms with E-state index in [1.165, 1.54) is 45.1 Å². The van der Waals surface area contributed by atoms with Gasteiger partial charge < -0.3 is 5.32 Å². The summed E-state index contributed by atoms with van der Waals surface area (Å²) in [7, 11) is 0. The molecule has 1 nitrogen and oxygen atoms in total. The van der Waals surface area contributed by atoms with E-state index in [9.17, 15) is 0 Å². The fraction of sp³-hybridized carbons (Fsp3) is 0.714. The molecular weight excluding hydrogens is 214 g/mol. The van der Waals surface area contributed by atoms with E-state index in [0.29, 0.717) is 5.41 Å². The Kier molecular flexibility index (Phi) is 4.42. The van der Waals surface area contributed by atoms with E-state index in [4.69, 9.17) is 0 Å². The van der Waals surface area contributed by atoms with Crippen molar-refractivity contribution in [2.45, 2.75) is 50.9 Å². The van der Waals surface area contributed by atoms with Crippen LogP contribution in [-0.4, -0.2) is 13.1 Å². The smallest absolute Gasteiger partial charge is 0.0172 e. The lowest BCUT2D eigenvalue weighted by Crippen LogP contribution is -2.37. The van der Waals surface area contributed by atoms with Crippen molar-refractivity contribution in [2.75, 3.05) is 13.1 Å². The summed E-state index contributed by atoms with van der Waals surface area (Å²) in [5, 5.41) is 5.81. The average molecular weight is 237 g/mol. The second kappa shape index (κ2) is 5.83. The second-order valence-corrected chi connectivity index (χ2v) is 5.90. The highest BCUT2D eigenvalue weighted by Crippen LogP contribution is 2.39. The number of likely N-dealkylation sites (N-methyl/N-ethyl adjacent to an activating group) is 1. The average Bonchev–Trinajstić information content (AvgIpc) is 2.74. The van der Waals surface area contributed by atoms with E-state index in [1.54, 1.807) is 4.88 Å². The molecule has 0 saturated heterocycles. The first-order valence-corrected chi connectivity index (χ1v) is 7.50. The monoisotopic (exact) mass is 237 g/mol. The van der Waals surface area contributed by atoms with Crippen LogP contribution < -0.4 is 5.32 Å². The van der Waals surface area contributed by atoms with Crippen LogP contribution in [0.15, 0.2) is 17.5 Å². The minimum absolute atomic E-state index is 0.445. The van der Waals surface area contributed by atoms with Crippen molar-refractivity contribution in [3.05, 3.63) is 22.4 Å². The van der Waals surface area contributed by atoms with Gasteiger partial charge in [0.2, 0.25) is 0 Å². The summed E-state index contributed by atoms with van der Waals surface area (Å²) < 4.78 is 0. The Bertz CT molecular complexity index is 284. The van der Waals surface area contributed by atoms with Gasteiger partial charge in [0.25, 0.3) is 0 Å². The Hall–Kier alpha value is -0.340. The lowest BCUT2D eigenvalue weighted by Gasteiger charge is -2.32. The summed E-state index contributed by atoms with van der Waals surface area (Å²) in [5.41, 5.74) is 0.445. The minimum atomic E-state index is 0.445. The van der Waals surface area contributed by atoms with Crippen LogP contribution >= 0.6 is 11.3 Å². The van der Waals surface area contributed by atoms with Gasteiger partial charge in [0.15, 0.2) is 0 Å². The Labute approximate surface area is 103 Å². The van der Waals surface area contributed by atoms with E-state index in [0.717, 1.165) is 6.54 Å². The van der Waals surface area contributed by atoms with Crippen molar-refractivity contribution in [3.63, 3.8) is 0 Å². The summed E-state index contributed by atoms with van der Waals surface area (Å²) in [6, 6.07) is 4.55. The molecule has 2 heteroatoms. The molecule has 0 unspecified atom stereocenters. The highest BCUT2D eigenvalue weighted by molar-refractivity contribution is 7.10. The summed E-state index contributed by atoms with van der Waals surface area (Å²) in [6.45, 7) is 4.47. The van der Waals surface area contributed by atoms with Crippen LogP contribution in [0.1, 0.15) is 50.3 Å². The van der Waals surface area contributed by atoms with Crippen LogP contribution in [0.2, 0.25) is 0 Å². The Morgan fingerprint density at radius 2 is 2.00 bits per heavy atom. The number of hydrogen-bond donors (Lipinski definition) is 1. The molecule has 0 bridgehead atoms. The highest BCUT2D eigenvalue weighted by atomic mass is 32.1. The highest BCUT2D eigenvalue weighted by Gasteiger charge is 2.33. The number of thiophene rings is 1. The van der Waals surface area contributed by atoms with Crippen molar-refractivity contribution in [2.24, 2.45) is 0 Å².